The molecule has 0 radical (unpaired) electrons. The Bertz CT molecular complexity index is 467. The molecule has 1 aromatic rings. The standard InChI is InChI=1S/C13H19NO2S/c1-10(2)17(15,16)12-8-7-11-5-3-4-6-13(11)14-9-12/h3-6,10,12,14H,7-9H2,1-2H3. The number of para-hydroxylation sites is 1. The van der Waals surface area contributed by atoms with Crippen molar-refractivity contribution in [1.29, 1.82) is 0 Å². The van der Waals surface area contributed by atoms with E-state index in [9.17, 15) is 8.42 Å². The summed E-state index contributed by atoms with van der Waals surface area (Å²) in [4.78, 5) is 0. The zero-order valence-electron chi connectivity index (χ0n) is 10.3. The van der Waals surface area contributed by atoms with Gasteiger partial charge in [0.05, 0.1) is 10.5 Å². The Balaban J connectivity index is 2.20. The Kier molecular flexibility index (Phi) is 3.43. The van der Waals surface area contributed by atoms with E-state index >= 15 is 0 Å². The fourth-order valence-electron chi connectivity index (χ4n) is 2.22. The molecule has 1 aromatic carbocycles. The largest absolute Gasteiger partial charge is 0.384 e. The molecule has 0 saturated carbocycles. The summed E-state index contributed by atoms with van der Waals surface area (Å²) in [6.45, 7) is 4.04. The summed E-state index contributed by atoms with van der Waals surface area (Å²) < 4.78 is 24.3. The van der Waals surface area contributed by atoms with Crippen LogP contribution in [0, 0.1) is 0 Å². The fourth-order valence-corrected chi connectivity index (χ4v) is 3.75. The van der Waals surface area contributed by atoms with Gasteiger partial charge in [-0.05, 0) is 38.3 Å². The van der Waals surface area contributed by atoms with Crippen LogP contribution in [0.15, 0.2) is 24.3 Å². The molecule has 4 heteroatoms. The lowest BCUT2D eigenvalue weighted by atomic mass is 10.1. The molecule has 1 atom stereocenters. The van der Waals surface area contributed by atoms with E-state index in [0.717, 1.165) is 12.1 Å². The zero-order chi connectivity index (χ0) is 12.5. The van der Waals surface area contributed by atoms with Crippen LogP contribution in [0.3, 0.4) is 0 Å². The van der Waals surface area contributed by atoms with E-state index < -0.39 is 9.84 Å². The molecular weight excluding hydrogens is 234 g/mol. The van der Waals surface area contributed by atoms with E-state index in [1.165, 1.54) is 5.56 Å². The van der Waals surface area contributed by atoms with Crippen molar-refractivity contribution < 1.29 is 8.42 Å². The van der Waals surface area contributed by atoms with Gasteiger partial charge in [0, 0.05) is 12.2 Å². The topological polar surface area (TPSA) is 46.2 Å². The number of rotatable bonds is 2. The third kappa shape index (κ3) is 2.46. The SMILES string of the molecule is CC(C)S(=O)(=O)C1CCc2ccccc2NC1. The Morgan fingerprint density at radius 1 is 1.29 bits per heavy atom. The molecular formula is C13H19NO2S. The zero-order valence-corrected chi connectivity index (χ0v) is 11.1. The van der Waals surface area contributed by atoms with Crippen LogP contribution in [0.4, 0.5) is 5.69 Å². The van der Waals surface area contributed by atoms with Gasteiger partial charge in [-0.1, -0.05) is 18.2 Å². The van der Waals surface area contributed by atoms with Gasteiger partial charge in [-0.2, -0.15) is 0 Å². The van der Waals surface area contributed by atoms with Crippen molar-refractivity contribution in [3.8, 4) is 0 Å². The normalized spacial score (nSPS) is 20.5. The van der Waals surface area contributed by atoms with Crippen molar-refractivity contribution in [2.24, 2.45) is 0 Å². The molecule has 1 N–H and O–H groups in total. The monoisotopic (exact) mass is 253 g/mol. The van der Waals surface area contributed by atoms with Crippen LogP contribution >= 0.6 is 0 Å². The van der Waals surface area contributed by atoms with Crippen molar-refractivity contribution in [2.45, 2.75) is 37.2 Å². The molecule has 17 heavy (non-hydrogen) atoms. The highest BCUT2D eigenvalue weighted by Gasteiger charge is 2.29. The highest BCUT2D eigenvalue weighted by atomic mass is 32.2. The van der Waals surface area contributed by atoms with E-state index in [2.05, 4.69) is 11.4 Å². The number of aryl methyl sites for hydroxylation is 1. The molecule has 94 valence electrons. The van der Waals surface area contributed by atoms with Crippen molar-refractivity contribution >= 4 is 15.5 Å². The van der Waals surface area contributed by atoms with Crippen LogP contribution in [-0.2, 0) is 16.3 Å². The molecule has 1 aliphatic rings. The van der Waals surface area contributed by atoms with Crippen LogP contribution in [-0.4, -0.2) is 25.5 Å². The van der Waals surface area contributed by atoms with Gasteiger partial charge < -0.3 is 5.32 Å². The van der Waals surface area contributed by atoms with Crippen LogP contribution in [0.1, 0.15) is 25.8 Å². The summed E-state index contributed by atoms with van der Waals surface area (Å²) in [6, 6.07) is 8.05. The van der Waals surface area contributed by atoms with Crippen molar-refractivity contribution in [2.75, 3.05) is 11.9 Å². The minimum atomic E-state index is -3.00. The number of anilines is 1. The molecule has 0 amide bonds. The molecule has 1 aliphatic heterocycles. The van der Waals surface area contributed by atoms with Gasteiger partial charge >= 0.3 is 0 Å². The van der Waals surface area contributed by atoms with E-state index in [-0.39, 0.29) is 10.5 Å². The summed E-state index contributed by atoms with van der Waals surface area (Å²) in [5.74, 6) is 0. The Labute approximate surface area is 103 Å². The minimum absolute atomic E-state index is 0.269. The number of hydrogen-bond donors (Lipinski definition) is 1. The lowest BCUT2D eigenvalue weighted by molar-refractivity contribution is 0.566. The Morgan fingerprint density at radius 3 is 2.71 bits per heavy atom. The molecule has 1 heterocycles. The summed E-state index contributed by atoms with van der Waals surface area (Å²) in [5, 5.41) is 2.69. The van der Waals surface area contributed by atoms with Gasteiger partial charge in [-0.3, -0.25) is 0 Å². The predicted octanol–water partition coefficient (Wildman–Crippen LogP) is 2.24. The van der Waals surface area contributed by atoms with Gasteiger partial charge in [-0.15, -0.1) is 0 Å². The summed E-state index contributed by atoms with van der Waals surface area (Å²) >= 11 is 0. The average Bonchev–Trinajstić information content (AvgIpc) is 2.51. The van der Waals surface area contributed by atoms with Gasteiger partial charge in [-0.25, -0.2) is 8.42 Å². The summed E-state index contributed by atoms with van der Waals surface area (Å²) in [5.41, 5.74) is 2.29. The molecule has 0 aliphatic carbocycles. The van der Waals surface area contributed by atoms with Crippen molar-refractivity contribution in [1.82, 2.24) is 0 Å². The smallest absolute Gasteiger partial charge is 0.157 e. The van der Waals surface area contributed by atoms with E-state index in [4.69, 9.17) is 0 Å². The maximum Gasteiger partial charge on any atom is 0.157 e. The first kappa shape index (κ1) is 12.4. The number of nitrogens with one attached hydrogen (secondary N) is 1. The molecule has 3 nitrogen and oxygen atoms in total. The maximum atomic E-state index is 12.1. The average molecular weight is 253 g/mol. The molecule has 0 bridgehead atoms. The Hall–Kier alpha value is -1.03. The molecule has 0 spiro atoms. The second-order valence-corrected chi connectivity index (χ2v) is 7.62. The number of sulfone groups is 1. The lowest BCUT2D eigenvalue weighted by Gasteiger charge is -2.18. The van der Waals surface area contributed by atoms with Crippen LogP contribution < -0.4 is 5.32 Å². The molecule has 0 saturated heterocycles. The third-order valence-corrected chi connectivity index (χ3v) is 6.04. The highest BCUT2D eigenvalue weighted by molar-refractivity contribution is 7.92. The first-order valence-electron chi connectivity index (χ1n) is 6.06. The third-order valence-electron chi connectivity index (χ3n) is 3.39. The maximum absolute atomic E-state index is 12.1. The number of hydrogen-bond acceptors (Lipinski definition) is 3. The van der Waals surface area contributed by atoms with Gasteiger partial charge in [0.25, 0.3) is 0 Å². The van der Waals surface area contributed by atoms with Crippen LogP contribution in [0.5, 0.6) is 0 Å². The number of fused-ring (bicyclic) bond motifs is 1. The number of benzene rings is 1. The molecule has 2 rings (SSSR count). The van der Waals surface area contributed by atoms with Crippen LogP contribution in [0.2, 0.25) is 0 Å². The summed E-state index contributed by atoms with van der Waals surface area (Å²) in [6.07, 6.45) is 1.55. The van der Waals surface area contributed by atoms with E-state index in [1.807, 2.05) is 18.2 Å². The summed E-state index contributed by atoms with van der Waals surface area (Å²) in [7, 11) is -3.00. The van der Waals surface area contributed by atoms with Crippen molar-refractivity contribution in [3.05, 3.63) is 29.8 Å². The molecule has 1 unspecified atom stereocenters. The predicted molar refractivity (Wildman–Crippen MR) is 71.1 cm³/mol. The Morgan fingerprint density at radius 2 is 2.00 bits per heavy atom. The molecule has 0 aromatic heterocycles. The van der Waals surface area contributed by atoms with Gasteiger partial charge in [0.2, 0.25) is 0 Å². The second kappa shape index (κ2) is 4.69. The van der Waals surface area contributed by atoms with Gasteiger partial charge in [0.1, 0.15) is 0 Å². The lowest BCUT2D eigenvalue weighted by Crippen LogP contribution is -2.33. The first-order valence-corrected chi connectivity index (χ1v) is 7.67. The van der Waals surface area contributed by atoms with Gasteiger partial charge in [0.15, 0.2) is 9.84 Å². The van der Waals surface area contributed by atoms with Crippen molar-refractivity contribution in [3.63, 3.8) is 0 Å². The second-order valence-electron chi connectivity index (χ2n) is 4.84. The van der Waals surface area contributed by atoms with E-state index in [1.54, 1.807) is 13.8 Å². The fraction of sp³-hybridized carbons (Fsp3) is 0.538. The van der Waals surface area contributed by atoms with Crippen LogP contribution in [0.25, 0.3) is 0 Å². The highest BCUT2D eigenvalue weighted by Crippen LogP contribution is 2.24. The first-order chi connectivity index (χ1) is 8.01. The quantitative estimate of drug-likeness (QED) is 0.879. The minimum Gasteiger partial charge on any atom is -0.384 e. The molecule has 0 fully saturated rings. The van der Waals surface area contributed by atoms with E-state index in [0.29, 0.717) is 13.0 Å².